The van der Waals surface area contributed by atoms with Gasteiger partial charge in [-0.25, -0.2) is 4.79 Å². The molecule has 6 heteroatoms. The van der Waals surface area contributed by atoms with Crippen LogP contribution in [0.3, 0.4) is 0 Å². The van der Waals surface area contributed by atoms with Crippen LogP contribution < -0.4 is 20.3 Å². The molecule has 1 fully saturated rings. The molecular weight excluding hydrogens is 354 g/mol. The molecule has 0 unspecified atom stereocenters. The zero-order valence-electron chi connectivity index (χ0n) is 16.8. The molecule has 0 aliphatic carbocycles. The normalized spacial score (nSPS) is 14.1. The maximum atomic E-state index is 12.3. The molecule has 1 aliphatic rings. The number of carbonyl (C=O) groups excluding carboxylic acids is 2. The van der Waals surface area contributed by atoms with E-state index in [0.29, 0.717) is 24.4 Å². The smallest absolute Gasteiger partial charge is 0.323 e. The summed E-state index contributed by atoms with van der Waals surface area (Å²) in [5, 5.41) is 5.63. The summed E-state index contributed by atoms with van der Waals surface area (Å²) in [6.45, 7) is 7.13. The van der Waals surface area contributed by atoms with E-state index in [4.69, 9.17) is 4.74 Å². The van der Waals surface area contributed by atoms with Crippen LogP contribution in [0.15, 0.2) is 42.5 Å². The molecule has 3 amide bonds. The number of amides is 3. The van der Waals surface area contributed by atoms with E-state index in [0.717, 1.165) is 17.8 Å². The largest absolute Gasteiger partial charge is 0.494 e. The van der Waals surface area contributed by atoms with E-state index in [1.165, 1.54) is 5.56 Å². The summed E-state index contributed by atoms with van der Waals surface area (Å²) in [5.74, 6) is 0.651. The molecule has 148 valence electrons. The summed E-state index contributed by atoms with van der Waals surface area (Å²) in [5.41, 5.74) is 3.31. The van der Waals surface area contributed by atoms with Crippen molar-refractivity contribution in [2.24, 2.45) is 0 Å². The lowest BCUT2D eigenvalue weighted by atomic mass is 9.87. The van der Waals surface area contributed by atoms with Crippen molar-refractivity contribution in [3.05, 3.63) is 48.0 Å². The van der Waals surface area contributed by atoms with Gasteiger partial charge in [-0.3, -0.25) is 4.79 Å². The Morgan fingerprint density at radius 2 is 1.68 bits per heavy atom. The van der Waals surface area contributed by atoms with Crippen molar-refractivity contribution in [1.29, 1.82) is 0 Å². The fourth-order valence-corrected chi connectivity index (χ4v) is 3.23. The zero-order chi connectivity index (χ0) is 20.3. The highest BCUT2D eigenvalue weighted by Gasteiger charge is 2.24. The number of carbonyl (C=O) groups is 2. The Morgan fingerprint density at radius 3 is 2.25 bits per heavy atom. The number of urea groups is 1. The van der Waals surface area contributed by atoms with E-state index in [1.54, 1.807) is 30.2 Å². The van der Waals surface area contributed by atoms with Crippen LogP contribution in [0.5, 0.6) is 5.75 Å². The highest BCUT2D eigenvalue weighted by atomic mass is 16.5. The third-order valence-corrected chi connectivity index (χ3v) is 4.81. The summed E-state index contributed by atoms with van der Waals surface area (Å²) in [6.07, 6.45) is 1.40. The van der Waals surface area contributed by atoms with E-state index in [2.05, 4.69) is 31.4 Å². The summed E-state index contributed by atoms with van der Waals surface area (Å²) in [6, 6.07) is 12.8. The molecule has 0 spiro atoms. The molecule has 2 N–H and O–H groups in total. The van der Waals surface area contributed by atoms with Crippen molar-refractivity contribution < 1.29 is 14.3 Å². The van der Waals surface area contributed by atoms with E-state index < -0.39 is 0 Å². The minimum Gasteiger partial charge on any atom is -0.494 e. The van der Waals surface area contributed by atoms with Gasteiger partial charge in [0.15, 0.2) is 0 Å². The number of hydrogen-bond acceptors (Lipinski definition) is 3. The average molecular weight is 381 g/mol. The number of benzene rings is 2. The van der Waals surface area contributed by atoms with Gasteiger partial charge in [0.2, 0.25) is 5.91 Å². The van der Waals surface area contributed by atoms with Crippen molar-refractivity contribution >= 4 is 29.0 Å². The van der Waals surface area contributed by atoms with E-state index in [-0.39, 0.29) is 17.4 Å². The predicted molar refractivity (Wildman–Crippen MR) is 112 cm³/mol. The lowest BCUT2D eigenvalue weighted by molar-refractivity contribution is -0.117. The van der Waals surface area contributed by atoms with Crippen LogP contribution in [0.4, 0.5) is 21.9 Å². The number of anilines is 3. The van der Waals surface area contributed by atoms with Crippen LogP contribution >= 0.6 is 0 Å². The minimum atomic E-state index is -0.337. The third kappa shape index (κ3) is 4.44. The van der Waals surface area contributed by atoms with Gasteiger partial charge >= 0.3 is 6.03 Å². The number of hydrogen-bond donors (Lipinski definition) is 2. The van der Waals surface area contributed by atoms with Gasteiger partial charge in [-0.15, -0.1) is 0 Å². The van der Waals surface area contributed by atoms with Gasteiger partial charge in [0.05, 0.1) is 12.8 Å². The Bertz CT molecular complexity index is 870. The van der Waals surface area contributed by atoms with E-state index in [9.17, 15) is 9.59 Å². The van der Waals surface area contributed by atoms with Crippen molar-refractivity contribution in [3.8, 4) is 5.75 Å². The molecule has 0 atom stereocenters. The van der Waals surface area contributed by atoms with Gasteiger partial charge in [0.1, 0.15) is 5.75 Å². The SMILES string of the molecule is COc1cc(NC(=O)Nc2ccc(C(C)(C)C)cc2)ccc1N1CCCC1=O. The van der Waals surface area contributed by atoms with Crippen molar-refractivity contribution in [3.63, 3.8) is 0 Å². The number of rotatable bonds is 4. The Labute approximate surface area is 165 Å². The lowest BCUT2D eigenvalue weighted by Crippen LogP contribution is -2.24. The fourth-order valence-electron chi connectivity index (χ4n) is 3.23. The molecule has 1 aliphatic heterocycles. The first kappa shape index (κ1) is 19.7. The molecule has 1 heterocycles. The van der Waals surface area contributed by atoms with Crippen LogP contribution in [0.2, 0.25) is 0 Å². The third-order valence-electron chi connectivity index (χ3n) is 4.81. The minimum absolute atomic E-state index is 0.0653. The van der Waals surface area contributed by atoms with Crippen molar-refractivity contribution in [2.45, 2.75) is 39.0 Å². The predicted octanol–water partition coefficient (Wildman–Crippen LogP) is 4.76. The molecule has 0 saturated carbocycles. The topological polar surface area (TPSA) is 70.7 Å². The first-order valence-electron chi connectivity index (χ1n) is 9.45. The van der Waals surface area contributed by atoms with Crippen LogP contribution in [0.25, 0.3) is 0 Å². The van der Waals surface area contributed by atoms with Crippen LogP contribution in [-0.2, 0) is 10.2 Å². The second kappa shape index (κ2) is 7.92. The standard InChI is InChI=1S/C22H27N3O3/c1-22(2,3)15-7-9-16(10-8-15)23-21(27)24-17-11-12-18(19(14-17)28-4)25-13-5-6-20(25)26/h7-12,14H,5-6,13H2,1-4H3,(H2,23,24,27). The second-order valence-corrected chi connectivity index (χ2v) is 7.94. The molecule has 28 heavy (non-hydrogen) atoms. The maximum absolute atomic E-state index is 12.3. The summed E-state index contributed by atoms with van der Waals surface area (Å²) < 4.78 is 5.43. The molecule has 0 bridgehead atoms. The Balaban J connectivity index is 1.67. The first-order valence-corrected chi connectivity index (χ1v) is 9.45. The van der Waals surface area contributed by atoms with Crippen molar-refractivity contribution in [1.82, 2.24) is 0 Å². The maximum Gasteiger partial charge on any atom is 0.323 e. The fraction of sp³-hybridized carbons (Fsp3) is 0.364. The van der Waals surface area contributed by atoms with Gasteiger partial charge in [0.25, 0.3) is 0 Å². The summed E-state index contributed by atoms with van der Waals surface area (Å²) >= 11 is 0. The number of ether oxygens (including phenoxy) is 1. The highest BCUT2D eigenvalue weighted by Crippen LogP contribution is 2.34. The number of nitrogens with zero attached hydrogens (tertiary/aromatic N) is 1. The Kier molecular flexibility index (Phi) is 5.58. The molecule has 1 saturated heterocycles. The first-order chi connectivity index (χ1) is 13.3. The van der Waals surface area contributed by atoms with Crippen molar-refractivity contribution in [2.75, 3.05) is 29.2 Å². The quantitative estimate of drug-likeness (QED) is 0.802. The Morgan fingerprint density at radius 1 is 1.04 bits per heavy atom. The monoisotopic (exact) mass is 381 g/mol. The molecule has 2 aromatic carbocycles. The molecular formula is C22H27N3O3. The number of nitrogens with one attached hydrogen (secondary N) is 2. The molecule has 0 aromatic heterocycles. The summed E-state index contributed by atoms with van der Waals surface area (Å²) in [7, 11) is 1.56. The van der Waals surface area contributed by atoms with Crippen LogP contribution in [-0.4, -0.2) is 25.6 Å². The molecule has 2 aromatic rings. The van der Waals surface area contributed by atoms with Gasteiger partial charge in [-0.05, 0) is 41.7 Å². The van der Waals surface area contributed by atoms with E-state index >= 15 is 0 Å². The Hall–Kier alpha value is -3.02. The van der Waals surface area contributed by atoms with Crippen LogP contribution in [0.1, 0.15) is 39.2 Å². The molecule has 3 rings (SSSR count). The molecule has 0 radical (unpaired) electrons. The van der Waals surface area contributed by atoms with Crippen LogP contribution in [0, 0.1) is 0 Å². The zero-order valence-corrected chi connectivity index (χ0v) is 16.8. The van der Waals surface area contributed by atoms with Gasteiger partial charge < -0.3 is 20.3 Å². The highest BCUT2D eigenvalue weighted by molar-refractivity contribution is 6.01. The average Bonchev–Trinajstić information content (AvgIpc) is 3.07. The number of methoxy groups -OCH3 is 1. The van der Waals surface area contributed by atoms with E-state index in [1.807, 2.05) is 24.3 Å². The molecule has 6 nitrogen and oxygen atoms in total. The van der Waals surface area contributed by atoms with Gasteiger partial charge in [-0.1, -0.05) is 32.9 Å². The lowest BCUT2D eigenvalue weighted by Gasteiger charge is -2.20. The van der Waals surface area contributed by atoms with Gasteiger partial charge in [0, 0.05) is 30.4 Å². The van der Waals surface area contributed by atoms with Gasteiger partial charge in [-0.2, -0.15) is 0 Å². The summed E-state index contributed by atoms with van der Waals surface area (Å²) in [4.78, 5) is 26.0. The second-order valence-electron chi connectivity index (χ2n) is 7.94.